The van der Waals surface area contributed by atoms with E-state index in [1.54, 1.807) is 4.90 Å². The Hall–Kier alpha value is -2.29. The summed E-state index contributed by atoms with van der Waals surface area (Å²) >= 11 is 0. The van der Waals surface area contributed by atoms with Gasteiger partial charge in [-0.15, -0.1) is 0 Å². The maximum absolute atomic E-state index is 12.7. The van der Waals surface area contributed by atoms with Crippen molar-refractivity contribution in [1.29, 1.82) is 0 Å². The van der Waals surface area contributed by atoms with Crippen LogP contribution in [-0.4, -0.2) is 59.0 Å². The summed E-state index contributed by atoms with van der Waals surface area (Å²) in [6, 6.07) is 5.14. The van der Waals surface area contributed by atoms with Gasteiger partial charge in [-0.05, 0) is 49.5 Å². The molecule has 3 aliphatic rings. The van der Waals surface area contributed by atoms with Crippen LogP contribution in [0.1, 0.15) is 47.2 Å². The van der Waals surface area contributed by atoms with Crippen molar-refractivity contribution in [3.8, 4) is 0 Å². The number of benzene rings is 1. The molecule has 2 fully saturated rings. The van der Waals surface area contributed by atoms with E-state index in [2.05, 4.69) is 16.0 Å². The van der Waals surface area contributed by atoms with Gasteiger partial charge in [-0.3, -0.25) is 19.7 Å². The van der Waals surface area contributed by atoms with Gasteiger partial charge in [0, 0.05) is 30.6 Å². The molecular formula is C20H26N4O4. The second-order valence-corrected chi connectivity index (χ2v) is 7.93. The first-order chi connectivity index (χ1) is 13.5. The number of imide groups is 1. The van der Waals surface area contributed by atoms with Crippen molar-refractivity contribution < 1.29 is 19.5 Å². The van der Waals surface area contributed by atoms with Crippen molar-refractivity contribution in [3.05, 3.63) is 34.9 Å². The third-order valence-corrected chi connectivity index (χ3v) is 6.12. The number of amides is 3. The lowest BCUT2D eigenvalue weighted by atomic mass is 9.89. The van der Waals surface area contributed by atoms with Crippen LogP contribution in [0.3, 0.4) is 0 Å². The van der Waals surface area contributed by atoms with Crippen LogP contribution < -0.4 is 16.0 Å². The predicted octanol–water partition coefficient (Wildman–Crippen LogP) is -0.348. The fourth-order valence-corrected chi connectivity index (χ4v) is 4.32. The van der Waals surface area contributed by atoms with Gasteiger partial charge in [0.2, 0.25) is 11.8 Å². The fraction of sp³-hybridized carbons (Fsp3) is 0.550. The number of piperidine rings is 2. The number of fused-ring (bicyclic) bond motifs is 1. The highest BCUT2D eigenvalue weighted by Crippen LogP contribution is 2.28. The van der Waals surface area contributed by atoms with E-state index in [-0.39, 0.29) is 30.4 Å². The maximum Gasteiger partial charge on any atom is 0.255 e. The van der Waals surface area contributed by atoms with Crippen LogP contribution in [0.5, 0.6) is 0 Å². The molecule has 0 aromatic heterocycles. The van der Waals surface area contributed by atoms with Crippen molar-refractivity contribution >= 4 is 17.7 Å². The molecule has 0 aliphatic carbocycles. The minimum atomic E-state index is -0.591. The fourth-order valence-electron chi connectivity index (χ4n) is 4.32. The third kappa shape index (κ3) is 3.55. The Kier molecular flexibility index (Phi) is 5.18. The summed E-state index contributed by atoms with van der Waals surface area (Å²) in [5.74, 6) is -0.834. The van der Waals surface area contributed by atoms with Gasteiger partial charge in [0.1, 0.15) is 6.04 Å². The lowest BCUT2D eigenvalue weighted by molar-refractivity contribution is -0.136. The molecule has 150 valence electrons. The summed E-state index contributed by atoms with van der Waals surface area (Å²) in [5.41, 5.74) is 2.30. The molecule has 3 amide bonds. The van der Waals surface area contributed by atoms with Crippen LogP contribution >= 0.6 is 0 Å². The molecule has 1 aromatic rings. The molecule has 4 rings (SSSR count). The molecule has 0 bridgehead atoms. The van der Waals surface area contributed by atoms with Crippen molar-refractivity contribution in [3.63, 3.8) is 0 Å². The van der Waals surface area contributed by atoms with Gasteiger partial charge in [0.25, 0.3) is 5.91 Å². The van der Waals surface area contributed by atoms with Crippen molar-refractivity contribution in [1.82, 2.24) is 20.9 Å². The molecule has 8 nitrogen and oxygen atoms in total. The molecule has 0 saturated carbocycles. The maximum atomic E-state index is 12.7. The highest BCUT2D eigenvalue weighted by atomic mass is 16.3. The van der Waals surface area contributed by atoms with Crippen molar-refractivity contribution in [2.45, 2.75) is 50.4 Å². The summed E-state index contributed by atoms with van der Waals surface area (Å²) in [6.45, 7) is 2.85. The first-order valence-corrected chi connectivity index (χ1v) is 9.84. The Labute approximate surface area is 163 Å². The summed E-state index contributed by atoms with van der Waals surface area (Å²) < 4.78 is 0. The van der Waals surface area contributed by atoms with Crippen LogP contribution in [0.25, 0.3) is 0 Å². The van der Waals surface area contributed by atoms with E-state index in [0.717, 1.165) is 37.1 Å². The number of carbonyl (C=O) groups is 3. The Morgan fingerprint density at radius 3 is 2.71 bits per heavy atom. The number of hydrogen-bond acceptors (Lipinski definition) is 6. The Morgan fingerprint density at radius 2 is 2.00 bits per heavy atom. The monoisotopic (exact) mass is 386 g/mol. The highest BCUT2D eigenvalue weighted by Gasteiger charge is 2.39. The molecule has 1 aromatic carbocycles. The minimum absolute atomic E-state index is 0.0986. The van der Waals surface area contributed by atoms with Gasteiger partial charge in [-0.1, -0.05) is 12.1 Å². The molecule has 3 aliphatic heterocycles. The molecule has 3 heterocycles. The molecule has 4 N–H and O–H groups in total. The van der Waals surface area contributed by atoms with Crippen LogP contribution in [-0.2, 0) is 22.7 Å². The Morgan fingerprint density at radius 1 is 1.21 bits per heavy atom. The van der Waals surface area contributed by atoms with Gasteiger partial charge in [0.15, 0.2) is 0 Å². The molecule has 1 atom stereocenters. The van der Waals surface area contributed by atoms with Crippen LogP contribution in [0.4, 0.5) is 0 Å². The van der Waals surface area contributed by atoms with Crippen LogP contribution in [0, 0.1) is 0 Å². The molecule has 8 heteroatoms. The summed E-state index contributed by atoms with van der Waals surface area (Å²) in [5, 5.41) is 19.0. The first-order valence-electron chi connectivity index (χ1n) is 9.84. The molecule has 0 spiro atoms. The zero-order chi connectivity index (χ0) is 19.7. The van der Waals surface area contributed by atoms with E-state index >= 15 is 0 Å². The Bertz CT molecular complexity index is 803. The predicted molar refractivity (Wildman–Crippen MR) is 101 cm³/mol. The highest BCUT2D eigenvalue weighted by molar-refractivity contribution is 6.05. The minimum Gasteiger partial charge on any atom is -0.394 e. The average Bonchev–Trinajstić information content (AvgIpc) is 3.03. The Balaban J connectivity index is 1.45. The topological polar surface area (TPSA) is 111 Å². The van der Waals surface area contributed by atoms with E-state index in [1.165, 1.54) is 0 Å². The second kappa shape index (κ2) is 7.62. The van der Waals surface area contributed by atoms with Gasteiger partial charge in [-0.2, -0.15) is 0 Å². The normalized spacial score (nSPS) is 24.2. The van der Waals surface area contributed by atoms with Gasteiger partial charge < -0.3 is 20.6 Å². The lowest BCUT2D eigenvalue weighted by Crippen LogP contribution is -2.54. The number of rotatable bonds is 5. The second-order valence-electron chi connectivity index (χ2n) is 7.93. The zero-order valence-electron chi connectivity index (χ0n) is 15.8. The van der Waals surface area contributed by atoms with E-state index < -0.39 is 11.9 Å². The number of carbonyl (C=O) groups excluding carboxylic acids is 3. The summed E-state index contributed by atoms with van der Waals surface area (Å²) in [4.78, 5) is 37.8. The molecule has 1 unspecified atom stereocenters. The van der Waals surface area contributed by atoms with E-state index in [9.17, 15) is 19.5 Å². The smallest absolute Gasteiger partial charge is 0.255 e. The summed E-state index contributed by atoms with van der Waals surface area (Å²) in [7, 11) is 0. The number of hydrogen-bond donors (Lipinski definition) is 4. The molecular weight excluding hydrogens is 360 g/mol. The number of nitrogens with zero attached hydrogens (tertiary/aromatic N) is 1. The molecule has 2 saturated heterocycles. The molecule has 0 radical (unpaired) electrons. The van der Waals surface area contributed by atoms with E-state index in [0.29, 0.717) is 25.1 Å². The molecule has 28 heavy (non-hydrogen) atoms. The summed E-state index contributed by atoms with van der Waals surface area (Å²) in [6.07, 6.45) is 2.36. The van der Waals surface area contributed by atoms with Crippen molar-refractivity contribution in [2.75, 3.05) is 19.7 Å². The zero-order valence-corrected chi connectivity index (χ0v) is 15.8. The quantitative estimate of drug-likeness (QED) is 0.515. The van der Waals surface area contributed by atoms with Gasteiger partial charge in [-0.25, -0.2) is 0 Å². The van der Waals surface area contributed by atoms with Gasteiger partial charge in [0.05, 0.1) is 6.61 Å². The van der Waals surface area contributed by atoms with Crippen LogP contribution in [0.15, 0.2) is 18.2 Å². The third-order valence-electron chi connectivity index (χ3n) is 6.12. The van der Waals surface area contributed by atoms with E-state index in [1.807, 2.05) is 18.2 Å². The number of nitrogens with one attached hydrogen (secondary N) is 3. The van der Waals surface area contributed by atoms with E-state index in [4.69, 9.17) is 0 Å². The SMILES string of the molecule is O=C1CCC(N2Cc3cc(CNC4(CO)CCNCC4)ccc3C2=O)C(=O)N1. The number of aliphatic hydroxyl groups excluding tert-OH is 1. The number of aliphatic hydroxyl groups is 1. The van der Waals surface area contributed by atoms with Gasteiger partial charge >= 0.3 is 0 Å². The largest absolute Gasteiger partial charge is 0.394 e. The standard InChI is InChI=1S/C20H26N4O4/c25-12-20(5-7-21-8-6-20)22-10-13-1-2-15-14(9-13)11-24(19(15)28)16-3-4-17(26)23-18(16)27/h1-2,9,16,21-22,25H,3-8,10-12H2,(H,23,26,27). The van der Waals surface area contributed by atoms with Crippen LogP contribution in [0.2, 0.25) is 0 Å². The van der Waals surface area contributed by atoms with Crippen molar-refractivity contribution in [2.24, 2.45) is 0 Å². The first kappa shape index (κ1) is 19.0. The lowest BCUT2D eigenvalue weighted by Gasteiger charge is -2.37. The average molecular weight is 386 g/mol.